The van der Waals surface area contributed by atoms with Gasteiger partial charge in [0.05, 0.1) is 0 Å². The zero-order valence-corrected chi connectivity index (χ0v) is 35.2. The molecule has 3 heteroatoms. The summed E-state index contributed by atoms with van der Waals surface area (Å²) in [6, 6.07) is 22.6. The molecule has 0 atom stereocenters. The van der Waals surface area contributed by atoms with Crippen LogP contribution in [0.15, 0.2) is 60.7 Å². The lowest BCUT2D eigenvalue weighted by Gasteiger charge is -2.28. The second-order valence-corrected chi connectivity index (χ2v) is 18.8. The summed E-state index contributed by atoms with van der Waals surface area (Å²) in [5, 5.41) is 11.2. The van der Waals surface area contributed by atoms with Crippen molar-refractivity contribution >= 4 is 18.2 Å². The van der Waals surface area contributed by atoms with Crippen molar-refractivity contribution in [2.75, 3.05) is 13.1 Å². The van der Waals surface area contributed by atoms with Crippen molar-refractivity contribution < 1.29 is 0 Å². The van der Waals surface area contributed by atoms with Gasteiger partial charge >= 0.3 is 0 Å². The first kappa shape index (κ1) is 45.9. The average molecular weight is 722 g/mol. The molecule has 0 amide bonds. The molecule has 2 aromatic rings. The topological polar surface area (TPSA) is 24.1 Å². The van der Waals surface area contributed by atoms with E-state index in [9.17, 15) is 0 Å². The molecule has 0 unspecified atom stereocenters. The van der Waals surface area contributed by atoms with Gasteiger partial charge in [0.1, 0.15) is 10.6 Å². The van der Waals surface area contributed by atoms with Crippen LogP contribution in [-0.4, -0.2) is 13.1 Å². The fraction of sp³-hybridized carbons (Fsp3) is 0.750. The summed E-state index contributed by atoms with van der Waals surface area (Å²) in [6.45, 7) is 6.79. The molecule has 0 aliphatic rings. The molecule has 292 valence electrons. The van der Waals surface area contributed by atoms with Crippen molar-refractivity contribution in [3.63, 3.8) is 0 Å². The maximum Gasteiger partial charge on any atom is 0.213 e. The lowest BCUT2D eigenvalue weighted by Crippen LogP contribution is -2.43. The number of benzene rings is 2. The molecule has 0 aliphatic heterocycles. The summed E-state index contributed by atoms with van der Waals surface area (Å²) in [5.41, 5.74) is 0. The normalized spacial score (nSPS) is 11.8. The van der Waals surface area contributed by atoms with Crippen molar-refractivity contribution in [2.45, 2.75) is 219 Å². The second-order valence-electron chi connectivity index (χ2n) is 15.8. The Morgan fingerprint density at radius 1 is 0.294 bits per heavy atom. The average Bonchev–Trinajstić information content (AvgIpc) is 3.17. The van der Waals surface area contributed by atoms with E-state index >= 15 is 0 Å². The van der Waals surface area contributed by atoms with E-state index in [0.717, 1.165) is 13.1 Å². The van der Waals surface area contributed by atoms with Crippen LogP contribution in [0.1, 0.15) is 219 Å². The van der Waals surface area contributed by atoms with Gasteiger partial charge in [-0.25, -0.2) is 0 Å². The van der Waals surface area contributed by atoms with Crippen LogP contribution in [0.3, 0.4) is 0 Å². The van der Waals surface area contributed by atoms with Gasteiger partial charge in [0.15, 0.2) is 0 Å². The van der Waals surface area contributed by atoms with Crippen LogP contribution in [0, 0.1) is 0 Å². The van der Waals surface area contributed by atoms with E-state index in [4.69, 9.17) is 0 Å². The van der Waals surface area contributed by atoms with E-state index in [1.165, 1.54) is 216 Å². The smallest absolute Gasteiger partial charge is 0.167 e. The van der Waals surface area contributed by atoms with E-state index in [2.05, 4.69) is 84.7 Å². The predicted octanol–water partition coefficient (Wildman–Crippen LogP) is 15.2. The molecule has 0 aromatic heterocycles. The Morgan fingerprint density at radius 3 is 0.745 bits per heavy atom. The highest BCUT2D eigenvalue weighted by Crippen LogP contribution is 2.47. The Balaban J connectivity index is 1.62. The Labute approximate surface area is 320 Å². The Morgan fingerprint density at radius 2 is 0.510 bits per heavy atom. The van der Waals surface area contributed by atoms with E-state index in [1.54, 1.807) is 0 Å². The molecule has 0 radical (unpaired) electrons. The van der Waals surface area contributed by atoms with Crippen LogP contribution >= 0.6 is 7.56 Å². The minimum Gasteiger partial charge on any atom is -0.167 e. The monoisotopic (exact) mass is 722 g/mol. The van der Waals surface area contributed by atoms with Crippen LogP contribution in [0.2, 0.25) is 0 Å². The van der Waals surface area contributed by atoms with Gasteiger partial charge in [0.25, 0.3) is 0 Å². The van der Waals surface area contributed by atoms with Gasteiger partial charge in [-0.1, -0.05) is 243 Å². The molecule has 2 N–H and O–H groups in total. The van der Waals surface area contributed by atoms with Crippen LogP contribution in [-0.2, 0) is 0 Å². The Kier molecular flexibility index (Phi) is 31.1. The summed E-state index contributed by atoms with van der Waals surface area (Å²) >= 11 is 0. The molecule has 0 saturated heterocycles. The molecule has 0 heterocycles. The minimum absolute atomic E-state index is 1.09. The summed E-state index contributed by atoms with van der Waals surface area (Å²) in [5.74, 6) is 0. The lowest BCUT2D eigenvalue weighted by molar-refractivity contribution is 0.528. The zero-order chi connectivity index (χ0) is 36.2. The number of hydrogen-bond donors (Lipinski definition) is 2. The zero-order valence-electron chi connectivity index (χ0n) is 34.3. The molecule has 2 aromatic carbocycles. The van der Waals surface area contributed by atoms with Crippen LogP contribution in [0.4, 0.5) is 0 Å². The Bertz CT molecular complexity index is 884. The molecule has 2 rings (SSSR count). The molecule has 0 bridgehead atoms. The number of hydrogen-bond acceptors (Lipinski definition) is 2. The van der Waals surface area contributed by atoms with Crippen LogP contribution in [0.5, 0.6) is 0 Å². The van der Waals surface area contributed by atoms with E-state index in [-0.39, 0.29) is 0 Å². The molecule has 0 aliphatic carbocycles. The van der Waals surface area contributed by atoms with Crippen LogP contribution < -0.4 is 20.8 Å². The Hall–Kier alpha value is -1.21. The van der Waals surface area contributed by atoms with Gasteiger partial charge in [0.2, 0.25) is 7.56 Å². The molecular formula is C48H86N2P+. The summed E-state index contributed by atoms with van der Waals surface area (Å²) in [7, 11) is -1.88. The van der Waals surface area contributed by atoms with Gasteiger partial charge in [-0.2, -0.15) is 10.2 Å². The fourth-order valence-corrected chi connectivity index (χ4v) is 11.1. The summed E-state index contributed by atoms with van der Waals surface area (Å²) in [6.07, 6.45) is 45.4. The first-order valence-electron chi connectivity index (χ1n) is 22.8. The van der Waals surface area contributed by atoms with Crippen molar-refractivity contribution in [2.24, 2.45) is 0 Å². The standard InChI is InChI=1S/C48H86N2P/c1-3-5-7-9-11-13-15-17-19-21-23-25-27-29-31-39-45-49-51(47-41-35-33-36-42-47,48-43-37-34-38-44-48)50-46-40-32-30-28-26-24-22-20-18-16-14-12-10-8-6-4-2/h33-38,41-44,49-50H,3-32,39-40,45-46H2,1-2H3/q+1. The first-order chi connectivity index (χ1) is 25.3. The van der Waals surface area contributed by atoms with E-state index in [1.807, 2.05) is 0 Å². The molecule has 0 spiro atoms. The van der Waals surface area contributed by atoms with Gasteiger partial charge in [0, 0.05) is 13.1 Å². The SMILES string of the molecule is CCCCCCCCCCCCCCCCCCN[P+](NCCCCCCCCCCCCCCCCCC)(c1ccccc1)c1ccccc1. The third-order valence-electron chi connectivity index (χ3n) is 11.0. The van der Waals surface area contributed by atoms with Gasteiger partial charge in [-0.3, -0.25) is 0 Å². The quantitative estimate of drug-likeness (QED) is 0.0533. The number of unbranched alkanes of at least 4 members (excludes halogenated alkanes) is 30. The van der Waals surface area contributed by atoms with Crippen molar-refractivity contribution in [3.8, 4) is 0 Å². The second kappa shape index (κ2) is 34.6. The molecular weight excluding hydrogens is 636 g/mol. The van der Waals surface area contributed by atoms with E-state index < -0.39 is 7.56 Å². The van der Waals surface area contributed by atoms with Crippen molar-refractivity contribution in [3.05, 3.63) is 60.7 Å². The highest BCUT2D eigenvalue weighted by atomic mass is 31.2. The molecule has 0 saturated carbocycles. The summed E-state index contributed by atoms with van der Waals surface area (Å²) < 4.78 is 0. The maximum atomic E-state index is 4.17. The molecule has 0 fully saturated rings. The van der Waals surface area contributed by atoms with Gasteiger partial charge < -0.3 is 0 Å². The highest BCUT2D eigenvalue weighted by Gasteiger charge is 2.42. The maximum absolute atomic E-state index is 4.17. The minimum atomic E-state index is -1.88. The number of nitrogens with one attached hydrogen (secondary N) is 2. The largest absolute Gasteiger partial charge is 0.213 e. The summed E-state index contributed by atoms with van der Waals surface area (Å²) in [4.78, 5) is 0. The lowest BCUT2D eigenvalue weighted by atomic mass is 10.0. The molecule has 51 heavy (non-hydrogen) atoms. The third-order valence-corrected chi connectivity index (χ3v) is 14.6. The highest BCUT2D eigenvalue weighted by molar-refractivity contribution is 7.86. The third kappa shape index (κ3) is 23.9. The number of rotatable bonds is 38. The predicted molar refractivity (Wildman–Crippen MR) is 234 cm³/mol. The van der Waals surface area contributed by atoms with E-state index in [0.29, 0.717) is 0 Å². The first-order valence-corrected chi connectivity index (χ1v) is 24.6. The van der Waals surface area contributed by atoms with Crippen LogP contribution in [0.25, 0.3) is 0 Å². The molecule has 2 nitrogen and oxygen atoms in total. The van der Waals surface area contributed by atoms with Crippen molar-refractivity contribution in [1.29, 1.82) is 0 Å². The van der Waals surface area contributed by atoms with Gasteiger partial charge in [-0.05, 0) is 37.1 Å². The van der Waals surface area contributed by atoms with Crippen molar-refractivity contribution in [1.82, 2.24) is 10.2 Å². The fourth-order valence-electron chi connectivity index (χ4n) is 7.71. The van der Waals surface area contributed by atoms with Gasteiger partial charge in [-0.15, -0.1) is 0 Å².